The molecule has 0 aliphatic carbocycles. The summed E-state index contributed by atoms with van der Waals surface area (Å²) in [4.78, 5) is 16.4. The summed E-state index contributed by atoms with van der Waals surface area (Å²) in [5, 5.41) is 3.11. The number of carbonyl (C=O) groups is 1. The Balaban J connectivity index is 1.36. The molecular weight excluding hydrogens is 488 g/mol. The molecule has 4 rings (SSSR count). The molecule has 3 aromatic carbocycles. The number of piperazine rings is 1. The molecule has 1 unspecified atom stereocenters. The summed E-state index contributed by atoms with van der Waals surface area (Å²) >= 11 is 6.08. The Bertz CT molecular complexity index is 1170. The highest BCUT2D eigenvalue weighted by atomic mass is 35.5. The number of carbonyl (C=O) groups excluding carboxylic acids is 1. The molecule has 1 aliphatic heterocycles. The second-order valence-electron chi connectivity index (χ2n) is 8.54. The molecule has 0 aromatic heterocycles. The molecule has 6 nitrogen and oxygen atoms in total. The van der Waals surface area contributed by atoms with Crippen molar-refractivity contribution in [3.63, 3.8) is 0 Å². The number of halogens is 3. The summed E-state index contributed by atoms with van der Waals surface area (Å²) in [5.41, 5.74) is 1.83. The molecule has 36 heavy (non-hydrogen) atoms. The van der Waals surface area contributed by atoms with Crippen LogP contribution in [-0.2, 0) is 11.3 Å². The Morgan fingerprint density at radius 2 is 1.78 bits per heavy atom. The number of nitrogens with one attached hydrogen (secondary N) is 1. The SMILES string of the molecule is COc1cccc(COC(CN2CCN(C(=O)Nc3cc(F)ccc3F)CC2)c2ccc(Cl)cc2)c1. The molecule has 3 aromatic rings. The molecule has 1 aliphatic rings. The minimum atomic E-state index is -0.678. The Hall–Kier alpha value is -3.20. The maximum absolute atomic E-state index is 13.9. The van der Waals surface area contributed by atoms with Crippen LogP contribution in [0.15, 0.2) is 66.7 Å². The number of nitrogens with zero attached hydrogens (tertiary/aromatic N) is 2. The number of methoxy groups -OCH3 is 1. The highest BCUT2D eigenvalue weighted by Gasteiger charge is 2.25. The van der Waals surface area contributed by atoms with E-state index in [1.54, 1.807) is 12.0 Å². The predicted octanol–water partition coefficient (Wildman–Crippen LogP) is 5.73. The monoisotopic (exact) mass is 515 g/mol. The average molecular weight is 516 g/mol. The Morgan fingerprint density at radius 1 is 1.03 bits per heavy atom. The van der Waals surface area contributed by atoms with Crippen LogP contribution in [-0.4, -0.2) is 55.7 Å². The number of benzene rings is 3. The molecule has 0 saturated carbocycles. The zero-order valence-electron chi connectivity index (χ0n) is 19.9. The van der Waals surface area contributed by atoms with E-state index in [1.807, 2.05) is 48.5 Å². The van der Waals surface area contributed by atoms with E-state index >= 15 is 0 Å². The van der Waals surface area contributed by atoms with Crippen LogP contribution in [0.3, 0.4) is 0 Å². The molecule has 190 valence electrons. The maximum Gasteiger partial charge on any atom is 0.322 e. The van der Waals surface area contributed by atoms with Crippen molar-refractivity contribution in [3.05, 3.63) is 94.5 Å². The maximum atomic E-state index is 13.9. The average Bonchev–Trinajstić information content (AvgIpc) is 2.89. The normalized spacial score (nSPS) is 14.9. The van der Waals surface area contributed by atoms with Crippen LogP contribution in [0.2, 0.25) is 5.02 Å². The zero-order chi connectivity index (χ0) is 25.5. The van der Waals surface area contributed by atoms with Crippen LogP contribution in [0.4, 0.5) is 19.3 Å². The molecule has 1 heterocycles. The second kappa shape index (κ2) is 12.2. The van der Waals surface area contributed by atoms with Gasteiger partial charge >= 0.3 is 6.03 Å². The minimum Gasteiger partial charge on any atom is -0.497 e. The highest BCUT2D eigenvalue weighted by Crippen LogP contribution is 2.24. The van der Waals surface area contributed by atoms with E-state index in [2.05, 4.69) is 10.2 Å². The van der Waals surface area contributed by atoms with E-state index < -0.39 is 17.7 Å². The fourth-order valence-corrected chi connectivity index (χ4v) is 4.17. The molecule has 1 atom stereocenters. The molecular formula is C27H28ClF2N3O3. The number of hydrogen-bond donors (Lipinski definition) is 1. The molecule has 1 saturated heterocycles. The first-order valence-electron chi connectivity index (χ1n) is 11.6. The Morgan fingerprint density at radius 3 is 2.50 bits per heavy atom. The van der Waals surface area contributed by atoms with Crippen LogP contribution in [0.5, 0.6) is 5.75 Å². The predicted molar refractivity (Wildman–Crippen MR) is 135 cm³/mol. The van der Waals surface area contributed by atoms with Crippen LogP contribution in [0.25, 0.3) is 0 Å². The van der Waals surface area contributed by atoms with Gasteiger partial charge in [0.25, 0.3) is 0 Å². The van der Waals surface area contributed by atoms with Gasteiger partial charge in [-0.25, -0.2) is 13.6 Å². The van der Waals surface area contributed by atoms with Crippen LogP contribution >= 0.6 is 11.6 Å². The van der Waals surface area contributed by atoms with Gasteiger partial charge in [0.15, 0.2) is 0 Å². The fourth-order valence-electron chi connectivity index (χ4n) is 4.05. The molecule has 2 amide bonds. The molecule has 9 heteroatoms. The van der Waals surface area contributed by atoms with E-state index in [9.17, 15) is 13.6 Å². The van der Waals surface area contributed by atoms with Crippen molar-refractivity contribution in [1.29, 1.82) is 0 Å². The molecule has 1 N–H and O–H groups in total. The summed E-state index contributed by atoms with van der Waals surface area (Å²) in [6.45, 7) is 3.17. The van der Waals surface area contributed by atoms with Gasteiger partial charge in [-0.15, -0.1) is 0 Å². The third kappa shape index (κ3) is 6.94. The molecule has 0 spiro atoms. The summed E-state index contributed by atoms with van der Waals surface area (Å²) in [5.74, 6) is -0.521. The third-order valence-electron chi connectivity index (χ3n) is 6.08. The van der Waals surface area contributed by atoms with Crippen molar-refractivity contribution in [1.82, 2.24) is 9.80 Å². The number of urea groups is 1. The van der Waals surface area contributed by atoms with Gasteiger partial charge < -0.3 is 19.7 Å². The lowest BCUT2D eigenvalue weighted by Crippen LogP contribution is -2.50. The van der Waals surface area contributed by atoms with E-state index in [0.717, 1.165) is 35.1 Å². The van der Waals surface area contributed by atoms with Crippen molar-refractivity contribution >= 4 is 23.3 Å². The lowest BCUT2D eigenvalue weighted by molar-refractivity contribution is 0.00588. The summed E-state index contributed by atoms with van der Waals surface area (Å²) < 4.78 is 38.9. The summed E-state index contributed by atoms with van der Waals surface area (Å²) in [6.07, 6.45) is -0.213. The van der Waals surface area contributed by atoms with Crippen LogP contribution in [0.1, 0.15) is 17.2 Å². The van der Waals surface area contributed by atoms with Gasteiger partial charge in [-0.1, -0.05) is 35.9 Å². The Labute approximate surface area is 214 Å². The number of hydrogen-bond acceptors (Lipinski definition) is 4. The van der Waals surface area contributed by atoms with Gasteiger partial charge in [0.1, 0.15) is 17.4 Å². The third-order valence-corrected chi connectivity index (χ3v) is 6.33. The molecule has 0 radical (unpaired) electrons. The van der Waals surface area contributed by atoms with Crippen molar-refractivity contribution in [3.8, 4) is 5.75 Å². The fraction of sp³-hybridized carbons (Fsp3) is 0.296. The van der Waals surface area contributed by atoms with Gasteiger partial charge in [-0.2, -0.15) is 0 Å². The van der Waals surface area contributed by atoms with Crippen molar-refractivity contribution in [2.75, 3.05) is 45.2 Å². The van der Waals surface area contributed by atoms with Crippen LogP contribution < -0.4 is 10.1 Å². The van der Waals surface area contributed by atoms with E-state index in [1.165, 1.54) is 0 Å². The largest absolute Gasteiger partial charge is 0.497 e. The van der Waals surface area contributed by atoms with Crippen molar-refractivity contribution in [2.45, 2.75) is 12.7 Å². The first-order chi connectivity index (χ1) is 17.4. The van der Waals surface area contributed by atoms with Crippen molar-refractivity contribution in [2.24, 2.45) is 0 Å². The lowest BCUT2D eigenvalue weighted by atomic mass is 10.1. The summed E-state index contributed by atoms with van der Waals surface area (Å²) in [7, 11) is 1.63. The standard InChI is InChI=1S/C27H28ClF2N3O3/c1-35-23-4-2-3-19(15-23)18-36-26(20-5-7-21(28)8-6-20)17-32-11-13-33(14-12-32)27(34)31-25-16-22(29)9-10-24(25)30/h2-10,15-16,26H,11-14,17-18H2,1H3,(H,31,34). The first-order valence-corrected chi connectivity index (χ1v) is 12.0. The van der Waals surface area contributed by atoms with E-state index in [0.29, 0.717) is 44.4 Å². The quantitative estimate of drug-likeness (QED) is 0.416. The van der Waals surface area contributed by atoms with E-state index in [-0.39, 0.29) is 11.8 Å². The zero-order valence-corrected chi connectivity index (χ0v) is 20.7. The van der Waals surface area contributed by atoms with Crippen molar-refractivity contribution < 1.29 is 23.0 Å². The number of rotatable bonds is 8. The number of ether oxygens (including phenoxy) is 2. The molecule has 0 bridgehead atoms. The molecule has 1 fully saturated rings. The highest BCUT2D eigenvalue weighted by molar-refractivity contribution is 6.30. The van der Waals surface area contributed by atoms with Gasteiger partial charge in [0.2, 0.25) is 0 Å². The van der Waals surface area contributed by atoms with Gasteiger partial charge in [0, 0.05) is 43.8 Å². The lowest BCUT2D eigenvalue weighted by Gasteiger charge is -2.36. The number of amides is 2. The van der Waals surface area contributed by atoms with E-state index in [4.69, 9.17) is 21.1 Å². The smallest absolute Gasteiger partial charge is 0.322 e. The Kier molecular flexibility index (Phi) is 8.74. The topological polar surface area (TPSA) is 54.0 Å². The van der Waals surface area contributed by atoms with Gasteiger partial charge in [-0.3, -0.25) is 4.90 Å². The van der Waals surface area contributed by atoms with Gasteiger partial charge in [0.05, 0.1) is 25.5 Å². The van der Waals surface area contributed by atoms with Crippen LogP contribution in [0, 0.1) is 11.6 Å². The van der Waals surface area contributed by atoms with Gasteiger partial charge in [-0.05, 0) is 47.5 Å². The number of anilines is 1. The minimum absolute atomic E-state index is 0.170. The summed E-state index contributed by atoms with van der Waals surface area (Å²) in [6, 6.07) is 17.8. The first kappa shape index (κ1) is 25.9. The second-order valence-corrected chi connectivity index (χ2v) is 8.98.